The molecule has 0 saturated carbocycles. The maximum Gasteiger partial charge on any atom is 0.0762 e. The molecular formula is C46H57NOSi. The van der Waals surface area contributed by atoms with E-state index in [0.29, 0.717) is 11.1 Å². The Hall–Kier alpha value is -3.40. The largest absolute Gasteiger partial charge is 0.376 e. The molecule has 0 bridgehead atoms. The Kier molecular flexibility index (Phi) is 9.79. The minimum Gasteiger partial charge on any atom is -0.376 e. The third-order valence-corrected chi connectivity index (χ3v) is 17.0. The molecule has 0 amide bonds. The number of para-hydroxylation sites is 1. The maximum atomic E-state index is 6.10. The predicted octanol–water partition coefficient (Wildman–Crippen LogP) is 12.8. The molecule has 7 rings (SSSR count). The van der Waals surface area contributed by atoms with Gasteiger partial charge in [-0.2, -0.15) is 0 Å². The number of benzene rings is 4. The molecule has 0 N–H and O–H groups in total. The number of hydrogen-bond acceptors (Lipinski definition) is 1. The lowest BCUT2D eigenvalue weighted by Crippen LogP contribution is -2.45. The van der Waals surface area contributed by atoms with E-state index in [9.17, 15) is 0 Å². The number of unbranched alkanes of at least 4 members (excludes halogenated alkanes) is 6. The molecule has 5 aromatic rings. The van der Waals surface area contributed by atoms with E-state index in [-0.39, 0.29) is 5.60 Å². The number of hydrogen-bond donors (Lipinski definition) is 0. The zero-order valence-corrected chi connectivity index (χ0v) is 31.9. The Labute approximate surface area is 296 Å². The van der Waals surface area contributed by atoms with Crippen molar-refractivity contribution in [3.63, 3.8) is 0 Å². The Morgan fingerprint density at radius 2 is 1.33 bits per heavy atom. The smallest absolute Gasteiger partial charge is 0.0762 e. The van der Waals surface area contributed by atoms with Crippen LogP contribution in [0, 0.1) is 0 Å². The quantitative estimate of drug-likeness (QED) is 0.0849. The van der Waals surface area contributed by atoms with Crippen LogP contribution in [0.2, 0.25) is 12.6 Å². The van der Waals surface area contributed by atoms with Crippen LogP contribution in [0.3, 0.4) is 0 Å². The molecule has 49 heavy (non-hydrogen) atoms. The highest BCUT2D eigenvalue weighted by Gasteiger charge is 2.53. The molecule has 3 heteroatoms. The van der Waals surface area contributed by atoms with Gasteiger partial charge in [0.1, 0.15) is 0 Å². The van der Waals surface area contributed by atoms with Crippen molar-refractivity contribution in [3.05, 3.63) is 119 Å². The van der Waals surface area contributed by atoms with Gasteiger partial charge in [0.25, 0.3) is 0 Å². The molecule has 2 nitrogen and oxygen atoms in total. The summed E-state index contributed by atoms with van der Waals surface area (Å²) in [7, 11) is 0.0935. The fraction of sp³-hybridized carbons (Fsp3) is 0.435. The van der Waals surface area contributed by atoms with Crippen molar-refractivity contribution in [3.8, 4) is 22.4 Å². The molecule has 0 fully saturated rings. The van der Waals surface area contributed by atoms with Crippen LogP contribution in [-0.4, -0.2) is 24.8 Å². The molecule has 2 aliphatic carbocycles. The third kappa shape index (κ3) is 6.38. The van der Waals surface area contributed by atoms with Crippen molar-refractivity contribution in [1.82, 2.24) is 4.57 Å². The lowest BCUT2D eigenvalue weighted by Gasteiger charge is -2.41. The first-order valence-corrected chi connectivity index (χ1v) is 22.1. The third-order valence-electron chi connectivity index (χ3n) is 11.7. The van der Waals surface area contributed by atoms with E-state index in [0.717, 1.165) is 13.0 Å². The molecule has 1 aromatic heterocycles. The number of rotatable bonds is 14. The summed E-state index contributed by atoms with van der Waals surface area (Å²) in [5.74, 6) is 0. The topological polar surface area (TPSA) is 14.2 Å². The average molecular weight is 668 g/mol. The number of nitrogens with zero attached hydrogens (tertiary/aromatic N) is 1. The molecule has 3 unspecified atom stereocenters. The van der Waals surface area contributed by atoms with Crippen LogP contribution in [0.5, 0.6) is 0 Å². The monoisotopic (exact) mass is 667 g/mol. The van der Waals surface area contributed by atoms with E-state index in [2.05, 4.69) is 137 Å². The molecule has 256 valence electrons. The van der Waals surface area contributed by atoms with Crippen LogP contribution in [0.25, 0.3) is 33.3 Å². The fourth-order valence-electron chi connectivity index (χ4n) is 9.52. The summed E-state index contributed by atoms with van der Waals surface area (Å²) in [6, 6.07) is 37.0. The second kappa shape index (κ2) is 14.1. The van der Waals surface area contributed by atoms with Crippen molar-refractivity contribution in [2.24, 2.45) is 7.05 Å². The zero-order chi connectivity index (χ0) is 34.2. The minimum atomic E-state index is -2.20. The van der Waals surface area contributed by atoms with Gasteiger partial charge in [-0.1, -0.05) is 143 Å². The molecule has 1 heterocycles. The Morgan fingerprint density at radius 1 is 0.673 bits per heavy atom. The molecule has 0 spiro atoms. The van der Waals surface area contributed by atoms with Crippen LogP contribution in [-0.2, 0) is 18.2 Å². The molecule has 0 saturated heterocycles. The SMILES string of the molecule is CCCCCCc1ccc2c(c1)C([Si](C)(CCCCCCOC(C)(C)C)C1c3ccccc3-c3c1c1ccccc1n3C)c1ccccc1-2. The fourth-order valence-corrected chi connectivity index (χ4v) is 15.3. The van der Waals surface area contributed by atoms with Gasteiger partial charge in [0.15, 0.2) is 0 Å². The summed E-state index contributed by atoms with van der Waals surface area (Å²) in [5.41, 5.74) is 16.0. The van der Waals surface area contributed by atoms with Crippen molar-refractivity contribution >= 4 is 19.0 Å². The first kappa shape index (κ1) is 34.1. The van der Waals surface area contributed by atoms with Crippen LogP contribution in [0.15, 0.2) is 91.0 Å². The zero-order valence-electron chi connectivity index (χ0n) is 30.9. The van der Waals surface area contributed by atoms with E-state index >= 15 is 0 Å². The van der Waals surface area contributed by atoms with Gasteiger partial charge >= 0.3 is 0 Å². The van der Waals surface area contributed by atoms with Crippen LogP contribution < -0.4 is 0 Å². The van der Waals surface area contributed by atoms with Gasteiger partial charge in [0.05, 0.1) is 19.4 Å². The minimum absolute atomic E-state index is 0.0599. The summed E-state index contributed by atoms with van der Waals surface area (Å²) < 4.78 is 8.60. The van der Waals surface area contributed by atoms with Gasteiger partial charge in [-0.15, -0.1) is 0 Å². The maximum absolute atomic E-state index is 6.10. The highest BCUT2D eigenvalue weighted by molar-refractivity contribution is 6.83. The Bertz CT molecular complexity index is 1930. The van der Waals surface area contributed by atoms with Gasteiger partial charge < -0.3 is 9.30 Å². The number of aryl methyl sites for hydroxylation is 2. The first-order valence-electron chi connectivity index (χ1n) is 19.3. The van der Waals surface area contributed by atoms with Gasteiger partial charge in [-0.25, -0.2) is 0 Å². The van der Waals surface area contributed by atoms with Crippen molar-refractivity contribution < 1.29 is 4.74 Å². The predicted molar refractivity (Wildman–Crippen MR) is 212 cm³/mol. The van der Waals surface area contributed by atoms with Gasteiger partial charge in [0.2, 0.25) is 0 Å². The summed E-state index contributed by atoms with van der Waals surface area (Å²) in [4.78, 5) is 0. The Balaban J connectivity index is 1.34. The summed E-state index contributed by atoms with van der Waals surface area (Å²) in [6.07, 6.45) is 11.3. The highest BCUT2D eigenvalue weighted by Crippen LogP contribution is 2.60. The van der Waals surface area contributed by atoms with Crippen LogP contribution in [0.4, 0.5) is 0 Å². The van der Waals surface area contributed by atoms with Crippen LogP contribution >= 0.6 is 0 Å². The van der Waals surface area contributed by atoms with Crippen LogP contribution in [0.1, 0.15) is 118 Å². The first-order chi connectivity index (χ1) is 23.7. The van der Waals surface area contributed by atoms with Crippen molar-refractivity contribution in [2.45, 2.75) is 115 Å². The van der Waals surface area contributed by atoms with E-state index < -0.39 is 8.07 Å². The second-order valence-electron chi connectivity index (χ2n) is 16.2. The molecule has 4 aromatic carbocycles. The standard InChI is InChI=1S/C46H57NOSi/c1-7-8-9-12-21-33-28-29-35-34-22-13-15-24-37(34)44(40(35)32-33)49(6,31-20-11-10-19-30-48-46(2,3)4)45-38-25-16-14-23-36(38)43-42(45)39-26-17-18-27-41(39)47(43)5/h13-18,22-29,32,44-45H,7-12,19-21,30-31H2,1-6H3. The normalized spacial score (nSPS) is 17.5. The van der Waals surface area contributed by atoms with E-state index in [4.69, 9.17) is 4.74 Å². The Morgan fingerprint density at radius 3 is 2.10 bits per heavy atom. The molecule has 0 aliphatic heterocycles. The van der Waals surface area contributed by atoms with E-state index in [1.807, 2.05) is 0 Å². The van der Waals surface area contributed by atoms with E-state index in [1.165, 1.54) is 96.3 Å². The summed E-state index contributed by atoms with van der Waals surface area (Å²) >= 11 is 0. The summed E-state index contributed by atoms with van der Waals surface area (Å²) in [5, 5.41) is 1.45. The molecule has 3 atom stereocenters. The average Bonchev–Trinajstić information content (AvgIpc) is 3.72. The molecule has 0 radical (unpaired) electrons. The number of ether oxygens (including phenoxy) is 1. The van der Waals surface area contributed by atoms with Gasteiger partial charge in [-0.05, 0) is 85.0 Å². The number of aromatic nitrogens is 1. The van der Waals surface area contributed by atoms with Gasteiger partial charge in [-0.3, -0.25) is 0 Å². The van der Waals surface area contributed by atoms with E-state index in [1.54, 1.807) is 22.3 Å². The van der Waals surface area contributed by atoms with Crippen molar-refractivity contribution in [1.29, 1.82) is 0 Å². The highest BCUT2D eigenvalue weighted by atomic mass is 28.3. The van der Waals surface area contributed by atoms with Gasteiger partial charge in [0, 0.05) is 41.2 Å². The lowest BCUT2D eigenvalue weighted by atomic mass is 10.00. The summed E-state index contributed by atoms with van der Waals surface area (Å²) in [6.45, 7) is 12.5. The number of fused-ring (bicyclic) bond motifs is 8. The second-order valence-corrected chi connectivity index (χ2v) is 20.9. The van der Waals surface area contributed by atoms with Crippen molar-refractivity contribution in [2.75, 3.05) is 6.61 Å². The molecular weight excluding hydrogens is 611 g/mol. The molecule has 2 aliphatic rings. The lowest BCUT2D eigenvalue weighted by molar-refractivity contribution is -0.00471.